The normalized spacial score (nSPS) is 15.1. The molecule has 0 spiro atoms. The maximum Gasteiger partial charge on any atom is 0.0933 e. The van der Waals surface area contributed by atoms with Gasteiger partial charge in [-0.3, -0.25) is 4.84 Å². The van der Waals surface area contributed by atoms with Gasteiger partial charge >= 0.3 is 0 Å². The zero-order valence-electron chi connectivity index (χ0n) is 10.2. The van der Waals surface area contributed by atoms with E-state index in [2.05, 4.69) is 5.48 Å². The molecule has 3 heteroatoms. The van der Waals surface area contributed by atoms with Crippen LogP contribution in [0, 0.1) is 5.92 Å². The Balaban J connectivity index is 2.22. The molecule has 0 saturated heterocycles. The SMILES string of the molecule is CC(C)C(C)(O)CNOCc1ccccc1. The summed E-state index contributed by atoms with van der Waals surface area (Å²) in [6.07, 6.45) is 0. The van der Waals surface area contributed by atoms with Gasteiger partial charge in [0, 0.05) is 6.54 Å². The van der Waals surface area contributed by atoms with Crippen molar-refractivity contribution >= 4 is 0 Å². The van der Waals surface area contributed by atoms with Gasteiger partial charge in [-0.05, 0) is 18.4 Å². The summed E-state index contributed by atoms with van der Waals surface area (Å²) in [6.45, 7) is 6.71. The van der Waals surface area contributed by atoms with Crippen LogP contribution < -0.4 is 5.48 Å². The number of aliphatic hydroxyl groups is 1. The minimum absolute atomic E-state index is 0.195. The van der Waals surface area contributed by atoms with Crippen molar-refractivity contribution in [3.63, 3.8) is 0 Å². The van der Waals surface area contributed by atoms with Crippen LogP contribution in [0.25, 0.3) is 0 Å². The molecule has 1 aromatic rings. The van der Waals surface area contributed by atoms with Crippen LogP contribution in [0.5, 0.6) is 0 Å². The fourth-order valence-electron chi connectivity index (χ4n) is 1.11. The quantitative estimate of drug-likeness (QED) is 0.573. The molecule has 2 N–H and O–H groups in total. The second-order valence-corrected chi connectivity index (χ2v) is 4.61. The van der Waals surface area contributed by atoms with Crippen molar-refractivity contribution in [3.05, 3.63) is 35.9 Å². The second kappa shape index (κ2) is 5.99. The molecule has 3 nitrogen and oxygen atoms in total. The summed E-state index contributed by atoms with van der Waals surface area (Å²) in [5.74, 6) is 0.195. The van der Waals surface area contributed by atoms with Gasteiger partial charge in [0.1, 0.15) is 0 Å². The van der Waals surface area contributed by atoms with Crippen LogP contribution in [0.15, 0.2) is 30.3 Å². The van der Waals surface area contributed by atoms with E-state index < -0.39 is 5.60 Å². The first-order chi connectivity index (χ1) is 7.52. The predicted molar refractivity (Wildman–Crippen MR) is 64.7 cm³/mol. The Labute approximate surface area is 97.4 Å². The minimum atomic E-state index is -0.739. The number of rotatable bonds is 6. The van der Waals surface area contributed by atoms with Crippen molar-refractivity contribution in [1.82, 2.24) is 5.48 Å². The molecule has 0 saturated carbocycles. The van der Waals surface area contributed by atoms with E-state index in [0.717, 1.165) is 5.56 Å². The summed E-state index contributed by atoms with van der Waals surface area (Å²) >= 11 is 0. The molecule has 0 fully saturated rings. The van der Waals surface area contributed by atoms with E-state index >= 15 is 0 Å². The van der Waals surface area contributed by atoms with E-state index in [0.29, 0.717) is 13.2 Å². The Morgan fingerprint density at radius 3 is 2.50 bits per heavy atom. The van der Waals surface area contributed by atoms with E-state index in [-0.39, 0.29) is 5.92 Å². The van der Waals surface area contributed by atoms with Gasteiger partial charge in [-0.15, -0.1) is 0 Å². The summed E-state index contributed by atoms with van der Waals surface area (Å²) in [5, 5.41) is 9.95. The summed E-state index contributed by atoms with van der Waals surface area (Å²) in [4.78, 5) is 5.30. The Morgan fingerprint density at radius 2 is 1.94 bits per heavy atom. The highest BCUT2D eigenvalue weighted by Gasteiger charge is 2.24. The van der Waals surface area contributed by atoms with Gasteiger partial charge in [0.05, 0.1) is 12.2 Å². The summed E-state index contributed by atoms with van der Waals surface area (Å²) in [7, 11) is 0. The molecule has 1 rings (SSSR count). The van der Waals surface area contributed by atoms with Crippen molar-refractivity contribution in [2.24, 2.45) is 5.92 Å². The molecule has 0 bridgehead atoms. The monoisotopic (exact) mass is 223 g/mol. The third-order valence-corrected chi connectivity index (χ3v) is 2.86. The van der Waals surface area contributed by atoms with Crippen molar-refractivity contribution in [3.8, 4) is 0 Å². The largest absolute Gasteiger partial charge is 0.388 e. The molecule has 16 heavy (non-hydrogen) atoms. The molecular weight excluding hydrogens is 202 g/mol. The Hall–Kier alpha value is -0.900. The number of nitrogens with one attached hydrogen (secondary N) is 1. The van der Waals surface area contributed by atoms with Gasteiger partial charge in [0.15, 0.2) is 0 Å². The van der Waals surface area contributed by atoms with Crippen LogP contribution in [0.4, 0.5) is 0 Å². The second-order valence-electron chi connectivity index (χ2n) is 4.61. The number of benzene rings is 1. The summed E-state index contributed by atoms with van der Waals surface area (Å²) < 4.78 is 0. The van der Waals surface area contributed by atoms with Gasteiger partial charge in [0.2, 0.25) is 0 Å². The topological polar surface area (TPSA) is 41.5 Å². The molecule has 1 atom stereocenters. The molecule has 0 amide bonds. The maximum absolute atomic E-state index is 9.95. The lowest BCUT2D eigenvalue weighted by Crippen LogP contribution is -2.42. The van der Waals surface area contributed by atoms with Crippen LogP contribution in [-0.2, 0) is 11.4 Å². The van der Waals surface area contributed by atoms with Crippen molar-refractivity contribution < 1.29 is 9.94 Å². The van der Waals surface area contributed by atoms with Crippen LogP contribution in [0.2, 0.25) is 0 Å². The molecule has 0 aliphatic heterocycles. The zero-order chi connectivity index (χ0) is 12.0. The van der Waals surface area contributed by atoms with E-state index in [1.54, 1.807) is 6.92 Å². The van der Waals surface area contributed by atoms with Gasteiger partial charge in [-0.1, -0.05) is 44.2 Å². The summed E-state index contributed by atoms with van der Waals surface area (Å²) in [6, 6.07) is 9.93. The molecule has 0 radical (unpaired) electrons. The highest BCUT2D eigenvalue weighted by molar-refractivity contribution is 5.13. The molecule has 1 aromatic carbocycles. The number of hydrogen-bond donors (Lipinski definition) is 2. The lowest BCUT2D eigenvalue weighted by molar-refractivity contribution is -0.0513. The first-order valence-electron chi connectivity index (χ1n) is 5.63. The molecule has 0 aliphatic carbocycles. The maximum atomic E-state index is 9.95. The van der Waals surface area contributed by atoms with E-state index in [4.69, 9.17) is 4.84 Å². The Kier molecular flexibility index (Phi) is 4.93. The summed E-state index contributed by atoms with van der Waals surface area (Å²) in [5.41, 5.74) is 3.18. The van der Waals surface area contributed by atoms with Gasteiger partial charge in [-0.25, -0.2) is 0 Å². The fraction of sp³-hybridized carbons (Fsp3) is 0.538. The molecule has 0 aromatic heterocycles. The third-order valence-electron chi connectivity index (χ3n) is 2.86. The smallest absolute Gasteiger partial charge is 0.0933 e. The first-order valence-corrected chi connectivity index (χ1v) is 5.63. The molecular formula is C13H21NO2. The highest BCUT2D eigenvalue weighted by Crippen LogP contribution is 2.14. The Bertz CT molecular complexity index is 296. The van der Waals surface area contributed by atoms with Gasteiger partial charge in [0.25, 0.3) is 0 Å². The predicted octanol–water partition coefficient (Wildman–Crippen LogP) is 2.11. The van der Waals surface area contributed by atoms with Crippen LogP contribution >= 0.6 is 0 Å². The fourth-order valence-corrected chi connectivity index (χ4v) is 1.11. The van der Waals surface area contributed by atoms with Crippen LogP contribution in [-0.4, -0.2) is 17.3 Å². The average Bonchev–Trinajstić information content (AvgIpc) is 2.26. The standard InChI is InChI=1S/C13H21NO2/c1-11(2)13(3,15)10-14-16-9-12-7-5-4-6-8-12/h4-8,11,14-15H,9-10H2,1-3H3. The van der Waals surface area contributed by atoms with E-state index in [1.165, 1.54) is 0 Å². The third kappa shape index (κ3) is 4.31. The van der Waals surface area contributed by atoms with Gasteiger partial charge in [-0.2, -0.15) is 5.48 Å². The number of hydroxylamine groups is 1. The van der Waals surface area contributed by atoms with E-state index in [1.807, 2.05) is 44.2 Å². The van der Waals surface area contributed by atoms with Crippen molar-refractivity contribution in [1.29, 1.82) is 0 Å². The highest BCUT2D eigenvalue weighted by atomic mass is 16.6. The molecule has 1 unspecified atom stereocenters. The zero-order valence-corrected chi connectivity index (χ0v) is 10.2. The van der Waals surface area contributed by atoms with Crippen LogP contribution in [0.1, 0.15) is 26.3 Å². The first kappa shape index (κ1) is 13.2. The number of hydrogen-bond acceptors (Lipinski definition) is 3. The van der Waals surface area contributed by atoms with Crippen molar-refractivity contribution in [2.45, 2.75) is 33.0 Å². The average molecular weight is 223 g/mol. The molecule has 0 heterocycles. The molecule has 0 aliphatic rings. The lowest BCUT2D eigenvalue weighted by atomic mass is 9.93. The van der Waals surface area contributed by atoms with E-state index in [9.17, 15) is 5.11 Å². The Morgan fingerprint density at radius 1 is 1.31 bits per heavy atom. The lowest BCUT2D eigenvalue weighted by Gasteiger charge is -2.27. The van der Waals surface area contributed by atoms with Crippen molar-refractivity contribution in [2.75, 3.05) is 6.54 Å². The van der Waals surface area contributed by atoms with Crippen LogP contribution in [0.3, 0.4) is 0 Å². The van der Waals surface area contributed by atoms with Gasteiger partial charge < -0.3 is 5.11 Å². The minimum Gasteiger partial charge on any atom is -0.388 e. The molecule has 90 valence electrons.